The zero-order valence-corrected chi connectivity index (χ0v) is 17.1. The van der Waals surface area contributed by atoms with Crippen LogP contribution in [-0.4, -0.2) is 27.8 Å². The average Bonchev–Trinajstić information content (AvgIpc) is 2.67. The molecule has 0 unspecified atom stereocenters. The lowest BCUT2D eigenvalue weighted by atomic mass is 9.86. The number of H-pyrrole nitrogens is 1. The number of hydrogen-bond donors (Lipinski definition) is 3. The van der Waals surface area contributed by atoms with Crippen LogP contribution in [0.25, 0.3) is 0 Å². The van der Waals surface area contributed by atoms with E-state index in [1.54, 1.807) is 11.9 Å². The van der Waals surface area contributed by atoms with Crippen molar-refractivity contribution in [3.8, 4) is 0 Å². The molecule has 2 aromatic rings. The van der Waals surface area contributed by atoms with Gasteiger partial charge in [0.25, 0.3) is 5.56 Å². The minimum Gasteiger partial charge on any atom is -0.383 e. The number of hydrogen-bond acceptors (Lipinski definition) is 4. The second-order valence-corrected chi connectivity index (χ2v) is 7.83. The molecule has 1 heterocycles. The van der Waals surface area contributed by atoms with Gasteiger partial charge in [-0.05, 0) is 36.5 Å². The molecule has 4 N–H and O–H groups in total. The Morgan fingerprint density at radius 1 is 1.29 bits per heavy atom. The van der Waals surface area contributed by atoms with E-state index in [9.17, 15) is 9.59 Å². The number of thiocarbonyl (C=S) groups is 1. The first-order valence-corrected chi connectivity index (χ1v) is 10.00. The quantitative estimate of drug-likeness (QED) is 0.679. The van der Waals surface area contributed by atoms with Gasteiger partial charge in [-0.15, -0.1) is 0 Å². The maximum atomic E-state index is 12.5. The molecule has 1 aromatic carbocycles. The Morgan fingerprint density at radius 3 is 2.64 bits per heavy atom. The molecule has 8 heteroatoms. The van der Waals surface area contributed by atoms with Crippen molar-refractivity contribution in [3.63, 3.8) is 0 Å². The van der Waals surface area contributed by atoms with Crippen LogP contribution in [0, 0.1) is 5.92 Å². The molecular formula is C20H27N5O2S. The van der Waals surface area contributed by atoms with Crippen molar-refractivity contribution in [3.05, 3.63) is 56.7 Å². The number of rotatable bonds is 4. The highest BCUT2D eigenvalue weighted by atomic mass is 32.1. The van der Waals surface area contributed by atoms with Gasteiger partial charge in [0.1, 0.15) is 11.5 Å². The molecule has 0 spiro atoms. The predicted molar refractivity (Wildman–Crippen MR) is 117 cm³/mol. The van der Waals surface area contributed by atoms with Crippen molar-refractivity contribution in [1.82, 2.24) is 14.9 Å². The highest BCUT2D eigenvalue weighted by Gasteiger charge is 2.25. The van der Waals surface area contributed by atoms with E-state index < -0.39 is 11.2 Å². The zero-order chi connectivity index (χ0) is 20.3. The topological polar surface area (TPSA) is 96.2 Å². The summed E-state index contributed by atoms with van der Waals surface area (Å²) in [6.45, 7) is 2.48. The molecule has 150 valence electrons. The van der Waals surface area contributed by atoms with Crippen molar-refractivity contribution in [2.24, 2.45) is 5.92 Å². The monoisotopic (exact) mass is 401 g/mol. The summed E-state index contributed by atoms with van der Waals surface area (Å²) in [5.74, 6) is 0.615. The second kappa shape index (κ2) is 8.60. The first kappa shape index (κ1) is 20.1. The Bertz CT molecular complexity index is 953. The van der Waals surface area contributed by atoms with E-state index in [0.717, 1.165) is 18.4 Å². The normalized spacial score (nSPS) is 19.2. The number of aromatic amines is 1. The summed E-state index contributed by atoms with van der Waals surface area (Å²) in [6, 6.07) is 9.75. The van der Waals surface area contributed by atoms with Gasteiger partial charge >= 0.3 is 5.69 Å². The van der Waals surface area contributed by atoms with Crippen molar-refractivity contribution < 1.29 is 0 Å². The van der Waals surface area contributed by atoms with E-state index in [0.29, 0.717) is 11.0 Å². The highest BCUT2D eigenvalue weighted by Crippen LogP contribution is 2.24. The van der Waals surface area contributed by atoms with Gasteiger partial charge in [-0.3, -0.25) is 14.3 Å². The van der Waals surface area contributed by atoms with Crippen molar-refractivity contribution >= 4 is 28.8 Å². The van der Waals surface area contributed by atoms with Gasteiger partial charge in [-0.25, -0.2) is 4.79 Å². The van der Waals surface area contributed by atoms with Crippen LogP contribution in [0.15, 0.2) is 39.9 Å². The number of nitrogens with two attached hydrogens (primary N) is 1. The lowest BCUT2D eigenvalue weighted by molar-refractivity contribution is 0.309. The summed E-state index contributed by atoms with van der Waals surface area (Å²) < 4.78 is 1.36. The number of anilines is 2. The minimum absolute atomic E-state index is 0.0981. The zero-order valence-electron chi connectivity index (χ0n) is 16.3. The second-order valence-electron chi connectivity index (χ2n) is 7.44. The maximum absolute atomic E-state index is 12.5. The van der Waals surface area contributed by atoms with Crippen LogP contribution in [0.1, 0.15) is 38.2 Å². The Hall–Kier alpha value is -2.61. The van der Waals surface area contributed by atoms with Crippen molar-refractivity contribution in [2.75, 3.05) is 17.7 Å². The van der Waals surface area contributed by atoms with Crippen LogP contribution >= 0.6 is 12.2 Å². The fraction of sp³-hybridized carbons (Fsp3) is 0.450. The van der Waals surface area contributed by atoms with Crippen LogP contribution in [-0.2, 0) is 6.54 Å². The van der Waals surface area contributed by atoms with Crippen LogP contribution in [0.3, 0.4) is 0 Å². The van der Waals surface area contributed by atoms with Crippen LogP contribution in [0.4, 0.5) is 11.5 Å². The molecule has 1 aliphatic carbocycles. The summed E-state index contributed by atoms with van der Waals surface area (Å²) >= 11 is 5.54. The summed E-state index contributed by atoms with van der Waals surface area (Å²) in [5.41, 5.74) is 6.25. The predicted octanol–water partition coefficient (Wildman–Crippen LogP) is 2.06. The molecule has 28 heavy (non-hydrogen) atoms. The average molecular weight is 402 g/mol. The van der Waals surface area contributed by atoms with Crippen LogP contribution in [0.5, 0.6) is 0 Å². The third-order valence-corrected chi connectivity index (χ3v) is 5.85. The van der Waals surface area contributed by atoms with Crippen molar-refractivity contribution in [2.45, 2.75) is 45.2 Å². The van der Waals surface area contributed by atoms with E-state index in [-0.39, 0.29) is 24.1 Å². The largest absolute Gasteiger partial charge is 0.383 e. The fourth-order valence-electron chi connectivity index (χ4n) is 3.71. The van der Waals surface area contributed by atoms with Crippen LogP contribution in [0.2, 0.25) is 0 Å². The first-order valence-electron chi connectivity index (χ1n) is 9.59. The molecule has 7 nitrogen and oxygen atoms in total. The van der Waals surface area contributed by atoms with Gasteiger partial charge in [-0.1, -0.05) is 50.1 Å². The first-order chi connectivity index (χ1) is 13.4. The summed E-state index contributed by atoms with van der Waals surface area (Å²) in [4.78, 5) is 28.7. The third-order valence-electron chi connectivity index (χ3n) is 5.46. The number of nitrogen functional groups attached to an aromatic ring is 1. The lowest BCUT2D eigenvalue weighted by Gasteiger charge is -2.33. The Balaban J connectivity index is 1.88. The summed E-state index contributed by atoms with van der Waals surface area (Å²) in [5, 5.41) is 3.80. The van der Waals surface area contributed by atoms with Gasteiger partial charge in [0, 0.05) is 13.1 Å². The number of benzene rings is 1. The Labute approximate surface area is 169 Å². The molecule has 0 aliphatic heterocycles. The van der Waals surface area contributed by atoms with Gasteiger partial charge < -0.3 is 16.0 Å². The molecule has 0 saturated heterocycles. The molecule has 1 aliphatic rings. The maximum Gasteiger partial charge on any atom is 0.330 e. The third kappa shape index (κ3) is 4.27. The van der Waals surface area contributed by atoms with E-state index in [1.807, 2.05) is 30.3 Å². The molecule has 1 fully saturated rings. The number of nitrogens with zero attached hydrogens (tertiary/aromatic N) is 2. The fourth-order valence-corrected chi connectivity index (χ4v) is 3.95. The van der Waals surface area contributed by atoms with E-state index >= 15 is 0 Å². The molecule has 1 aromatic heterocycles. The molecule has 0 radical (unpaired) electrons. The Morgan fingerprint density at radius 2 is 1.96 bits per heavy atom. The Kier molecular flexibility index (Phi) is 6.18. The summed E-state index contributed by atoms with van der Waals surface area (Å²) in [7, 11) is 1.70. The molecule has 3 rings (SSSR count). The number of nitrogens with one attached hydrogen (secondary N) is 2. The van der Waals surface area contributed by atoms with Gasteiger partial charge in [0.15, 0.2) is 5.11 Å². The SMILES string of the molecule is C[C@@H]1CCCC[C@@H]1NC(=S)N(C)c1c(N)n(Cc2ccccc2)c(=O)[nH]c1=O. The molecule has 0 bridgehead atoms. The van der Waals surface area contributed by atoms with E-state index in [2.05, 4.69) is 17.2 Å². The summed E-state index contributed by atoms with van der Waals surface area (Å²) in [6.07, 6.45) is 4.61. The van der Waals surface area contributed by atoms with Gasteiger partial charge in [0.05, 0.1) is 6.54 Å². The standard InChI is InChI=1S/C20H27N5O2S/c1-13-8-6-7-11-15(13)22-20(28)24(2)16-17(21)25(19(27)23-18(16)26)12-14-9-4-3-5-10-14/h3-5,9-10,13,15H,6-8,11-12,21H2,1-2H3,(H,22,28)(H,23,26,27)/t13-,15+/m1/s1. The van der Waals surface area contributed by atoms with Crippen LogP contribution < -0.4 is 27.2 Å². The van der Waals surface area contributed by atoms with E-state index in [1.165, 1.54) is 17.4 Å². The van der Waals surface area contributed by atoms with E-state index in [4.69, 9.17) is 18.0 Å². The molecule has 0 amide bonds. The highest BCUT2D eigenvalue weighted by molar-refractivity contribution is 7.80. The molecule has 1 saturated carbocycles. The number of aromatic nitrogens is 2. The van der Waals surface area contributed by atoms with Gasteiger partial charge in [-0.2, -0.15) is 0 Å². The van der Waals surface area contributed by atoms with Crippen molar-refractivity contribution in [1.29, 1.82) is 0 Å². The smallest absolute Gasteiger partial charge is 0.330 e. The minimum atomic E-state index is -0.546. The van der Waals surface area contributed by atoms with Gasteiger partial charge in [0.2, 0.25) is 0 Å². The molecular weight excluding hydrogens is 374 g/mol. The molecule has 2 atom stereocenters. The lowest BCUT2D eigenvalue weighted by Crippen LogP contribution is -2.49.